The molecule has 3 aliphatic carbocycles. The molecule has 2 unspecified atom stereocenters. The van der Waals surface area contributed by atoms with E-state index in [1.807, 2.05) is 127 Å². The molecule has 0 aliphatic heterocycles. The topological polar surface area (TPSA) is 97.7 Å². The number of hydrogen-bond donors (Lipinski definition) is 1. The third kappa shape index (κ3) is 12.4. The van der Waals surface area contributed by atoms with E-state index in [0.717, 1.165) is 0 Å². The van der Waals surface area contributed by atoms with Gasteiger partial charge < -0.3 is 9.84 Å². The molecule has 2 fully saturated rings. The smallest absolute Gasteiger partial charge is 0.334 e. The Morgan fingerprint density at radius 1 is 0.487 bits per heavy atom. The fourth-order valence-electron chi connectivity index (χ4n) is 10.5. The molecule has 0 heterocycles. The van der Waals surface area contributed by atoms with E-state index in [0.29, 0.717) is 46.2 Å². The van der Waals surface area contributed by atoms with Crippen LogP contribution in [0, 0.1) is 17.3 Å². The summed E-state index contributed by atoms with van der Waals surface area (Å²) in [5.41, 5.74) is -1.20. The van der Waals surface area contributed by atoms with Gasteiger partial charge in [-0.1, -0.05) is 206 Å². The maximum absolute atomic E-state index is 16.0. The van der Waals surface area contributed by atoms with Gasteiger partial charge in [-0.25, -0.2) is 13.6 Å². The van der Waals surface area contributed by atoms with Crippen molar-refractivity contribution in [1.29, 1.82) is 0 Å². The molecule has 0 amide bonds. The molecule has 6 nitrogen and oxygen atoms in total. The van der Waals surface area contributed by atoms with Gasteiger partial charge in [0.25, 0.3) is 0 Å². The molecule has 0 aromatic heterocycles. The van der Waals surface area contributed by atoms with E-state index < -0.39 is 70.5 Å². The van der Waals surface area contributed by atoms with Crippen LogP contribution in [-0.4, -0.2) is 47.1 Å². The monoisotopic (exact) mass is 1190 g/mol. The summed E-state index contributed by atoms with van der Waals surface area (Å²) in [4.78, 5) is 62.3. The molecule has 0 saturated heterocycles. The molecule has 0 radical (unpaired) electrons. The Morgan fingerprint density at radius 3 is 1.17 bits per heavy atom. The van der Waals surface area contributed by atoms with Crippen molar-refractivity contribution in [3.8, 4) is 0 Å². The average molecular weight is 1190 g/mol. The number of hydrogen-bond acceptors (Lipinski definition) is 5. The van der Waals surface area contributed by atoms with E-state index in [2.05, 4.69) is 0 Å². The predicted molar refractivity (Wildman–Crippen MR) is 290 cm³/mol. The molecule has 3 aliphatic rings. The number of benzene rings is 6. The maximum Gasteiger partial charge on any atom is 0.334 e. The van der Waals surface area contributed by atoms with Gasteiger partial charge in [0.05, 0.1) is 5.57 Å². The average Bonchev–Trinajstić information content (AvgIpc) is 4.35. The van der Waals surface area contributed by atoms with E-state index in [1.54, 1.807) is 91.1 Å². The number of halogens is 2. The van der Waals surface area contributed by atoms with Crippen LogP contribution < -0.4 is 0 Å². The molecule has 1 N–H and O–H groups in total. The first kappa shape index (κ1) is 56.6. The van der Waals surface area contributed by atoms with Gasteiger partial charge in [0, 0.05) is 88.5 Å². The number of rotatable bonds is 19. The normalized spacial score (nSPS) is 19.9. The number of methoxy groups -OCH3 is 1. The van der Waals surface area contributed by atoms with Crippen LogP contribution in [-0.2, 0) is 64.8 Å². The SMILES string of the molecule is COC1(C(=Cc2ccccc2)C(=O)C=Cc2ccccc2)C(C(=O)O)=CC(C2CC2)(C2CC(F)(F)C2)C(C(=Cc2ccccc2)C(=O)C=Cc2ccccc2)=C1C(=Cc1ccccc1)C(=O)C=Cc1ccccc1.[Pd].[Pd]. The molecular formula is C66H54F2O6Pd2. The molecule has 388 valence electrons. The zero-order valence-electron chi connectivity index (χ0n) is 41.5. The molecule has 9 rings (SSSR count). The summed E-state index contributed by atoms with van der Waals surface area (Å²) in [6.45, 7) is 0. The number of carbonyl (C=O) groups excluding carboxylic acids is 3. The quantitative estimate of drug-likeness (QED) is 0.0641. The number of carbonyl (C=O) groups is 4. The number of carboxylic acids is 1. The summed E-state index contributed by atoms with van der Waals surface area (Å²) in [7, 11) is 1.28. The van der Waals surface area contributed by atoms with Crippen molar-refractivity contribution in [3.63, 3.8) is 0 Å². The Balaban J connectivity index is 0.00000420. The number of alkyl halides is 2. The minimum Gasteiger partial charge on any atom is -0.478 e. The molecule has 6 aromatic carbocycles. The summed E-state index contributed by atoms with van der Waals surface area (Å²) in [6, 6.07) is 54.4. The first-order valence-corrected chi connectivity index (χ1v) is 24.7. The second kappa shape index (κ2) is 25.1. The van der Waals surface area contributed by atoms with Crippen molar-refractivity contribution in [1.82, 2.24) is 0 Å². The molecule has 76 heavy (non-hydrogen) atoms. The number of carboxylic acid groups (broad SMARTS) is 1. The van der Waals surface area contributed by atoms with Crippen LogP contribution in [0.3, 0.4) is 0 Å². The van der Waals surface area contributed by atoms with Gasteiger partial charge in [-0.15, -0.1) is 0 Å². The largest absolute Gasteiger partial charge is 0.478 e. The predicted octanol–water partition coefficient (Wildman–Crippen LogP) is 14.2. The molecular weight excluding hydrogens is 1140 g/mol. The van der Waals surface area contributed by atoms with Crippen LogP contribution in [0.15, 0.2) is 240 Å². The fourth-order valence-corrected chi connectivity index (χ4v) is 10.5. The second-order valence-corrected chi connectivity index (χ2v) is 18.9. The zero-order chi connectivity index (χ0) is 51.7. The van der Waals surface area contributed by atoms with E-state index in [4.69, 9.17) is 4.74 Å². The Hall–Kier alpha value is -7.14. The summed E-state index contributed by atoms with van der Waals surface area (Å²) in [6.07, 6.45) is 15.2. The third-order valence-corrected chi connectivity index (χ3v) is 14.1. The second-order valence-electron chi connectivity index (χ2n) is 18.9. The third-order valence-electron chi connectivity index (χ3n) is 14.1. The molecule has 2 saturated carbocycles. The standard InChI is InChI=1S/C66H54F2O6.2Pd/c1-74-66(56(42-51-30-18-7-19-31-51)60(71)39-34-48-24-12-4-13-25-48)57(63(72)73)45-65(52-35-36-52,53-43-64(67,68)44-53)61(54(40-49-26-14-5-15-27-49)58(69)37-32-46-20-8-2-9-21-46)62(66)55(41-50-28-16-6-17-29-50)59(70)38-33-47-22-10-3-11-23-47;;/h2-34,37-42,45,52-53H,35-36,43-44H2,1H3,(H,72,73);;. The van der Waals surface area contributed by atoms with E-state index >= 15 is 23.2 Å². The van der Waals surface area contributed by atoms with Crippen LogP contribution in [0.25, 0.3) is 36.5 Å². The first-order chi connectivity index (χ1) is 35.9. The van der Waals surface area contributed by atoms with Crippen LogP contribution in [0.5, 0.6) is 0 Å². The Kier molecular flexibility index (Phi) is 18.7. The van der Waals surface area contributed by atoms with Gasteiger partial charge in [0.15, 0.2) is 23.0 Å². The summed E-state index contributed by atoms with van der Waals surface area (Å²) in [5, 5.41) is 12.0. The van der Waals surface area contributed by atoms with Crippen molar-refractivity contribution in [2.24, 2.45) is 17.3 Å². The van der Waals surface area contributed by atoms with E-state index in [9.17, 15) is 9.90 Å². The van der Waals surface area contributed by atoms with Gasteiger partial charge in [0.1, 0.15) is 0 Å². The van der Waals surface area contributed by atoms with Gasteiger partial charge >= 0.3 is 5.97 Å². The van der Waals surface area contributed by atoms with Gasteiger partial charge in [-0.2, -0.15) is 0 Å². The van der Waals surface area contributed by atoms with Crippen molar-refractivity contribution >= 4 is 59.8 Å². The number of ether oxygens (including phenoxy) is 1. The minimum absolute atomic E-state index is 0. The number of aliphatic carboxylic acids is 1. The zero-order valence-corrected chi connectivity index (χ0v) is 44.6. The van der Waals surface area contributed by atoms with Crippen molar-refractivity contribution in [2.45, 2.75) is 37.2 Å². The summed E-state index contributed by atoms with van der Waals surface area (Å²) < 4.78 is 38.5. The number of allylic oxidation sites excluding steroid dienone is 6. The van der Waals surface area contributed by atoms with Crippen molar-refractivity contribution in [3.05, 3.63) is 273 Å². The molecule has 10 heteroatoms. The maximum atomic E-state index is 16.0. The van der Waals surface area contributed by atoms with Crippen LogP contribution in [0.2, 0.25) is 0 Å². The molecule has 2 atom stereocenters. The van der Waals surface area contributed by atoms with Crippen LogP contribution in [0.1, 0.15) is 59.1 Å². The number of ketones is 3. The molecule has 0 bridgehead atoms. The Bertz CT molecular complexity index is 3300. The van der Waals surface area contributed by atoms with Gasteiger partial charge in [0.2, 0.25) is 5.92 Å². The van der Waals surface area contributed by atoms with Gasteiger partial charge in [-0.3, -0.25) is 14.4 Å². The summed E-state index contributed by atoms with van der Waals surface area (Å²) >= 11 is 0. The fraction of sp³-hybridized carbons (Fsp3) is 0.152. The van der Waals surface area contributed by atoms with Crippen LogP contribution in [0.4, 0.5) is 8.78 Å². The Morgan fingerprint density at radius 2 is 0.829 bits per heavy atom. The summed E-state index contributed by atoms with van der Waals surface area (Å²) in [5.74, 6) is -7.85. The molecule has 0 spiro atoms. The Labute approximate surface area is 470 Å². The van der Waals surface area contributed by atoms with E-state index in [-0.39, 0.29) is 68.7 Å². The van der Waals surface area contributed by atoms with E-state index in [1.165, 1.54) is 31.4 Å². The van der Waals surface area contributed by atoms with Crippen molar-refractivity contribution < 1.29 is 78.6 Å². The van der Waals surface area contributed by atoms with Crippen LogP contribution >= 0.6 is 0 Å². The van der Waals surface area contributed by atoms with Gasteiger partial charge in [-0.05, 0) is 100 Å². The molecule has 6 aromatic rings. The minimum atomic E-state index is -3.11. The first-order valence-electron chi connectivity index (χ1n) is 24.7. The van der Waals surface area contributed by atoms with Crippen molar-refractivity contribution in [2.75, 3.05) is 7.11 Å².